The molecule has 0 N–H and O–H groups in total. The van der Waals surface area contributed by atoms with Gasteiger partial charge in [-0.3, -0.25) is 4.79 Å². The zero-order valence-corrected chi connectivity index (χ0v) is 16.3. The summed E-state index contributed by atoms with van der Waals surface area (Å²) in [6, 6.07) is 15.7. The van der Waals surface area contributed by atoms with E-state index in [1.165, 1.54) is 17.4 Å². The number of piperazine rings is 1. The average molecular weight is 395 g/mol. The molecule has 25 heavy (non-hydrogen) atoms. The number of hydrogen-bond donors (Lipinski definition) is 0. The molecule has 0 unspecified atom stereocenters. The van der Waals surface area contributed by atoms with Crippen molar-refractivity contribution in [2.75, 3.05) is 31.1 Å². The van der Waals surface area contributed by atoms with Crippen molar-refractivity contribution in [1.29, 1.82) is 0 Å². The smallest absolute Gasteiger partial charge is 0.235 e. The lowest BCUT2D eigenvalue weighted by Crippen LogP contribution is -2.50. The molecule has 2 aromatic carbocycles. The zero-order valence-electron chi connectivity index (χ0n) is 14.0. The molecule has 6 heteroatoms. The Morgan fingerprint density at radius 3 is 2.16 bits per heavy atom. The van der Waals surface area contributed by atoms with E-state index in [0.29, 0.717) is 10.0 Å². The van der Waals surface area contributed by atoms with Crippen LogP contribution in [0.4, 0.5) is 5.69 Å². The molecule has 0 saturated carbocycles. The lowest BCUT2D eigenvalue weighted by molar-refractivity contribution is -0.130. The predicted molar refractivity (Wildman–Crippen MR) is 107 cm³/mol. The number of carbonyl (C=O) groups is 1. The molecular weight excluding hydrogens is 375 g/mol. The summed E-state index contributed by atoms with van der Waals surface area (Å²) < 4.78 is 0. The highest BCUT2D eigenvalue weighted by atomic mass is 35.5. The number of nitrogens with zero attached hydrogens (tertiary/aromatic N) is 2. The lowest BCUT2D eigenvalue weighted by atomic mass is 10.2. The number of thioether (sulfide) groups is 1. The quantitative estimate of drug-likeness (QED) is 0.694. The van der Waals surface area contributed by atoms with Gasteiger partial charge in [0.2, 0.25) is 5.91 Å². The monoisotopic (exact) mass is 394 g/mol. The number of carbonyl (C=O) groups excluding carboxylic acids is 1. The van der Waals surface area contributed by atoms with E-state index in [4.69, 9.17) is 23.2 Å². The second-order valence-corrected chi connectivity index (χ2v) is 8.12. The minimum atomic E-state index is -0.222. The highest BCUT2D eigenvalue weighted by Gasteiger charge is 2.26. The summed E-state index contributed by atoms with van der Waals surface area (Å²) in [5.41, 5.74) is 1.21. The third kappa shape index (κ3) is 4.43. The molecule has 1 amide bonds. The van der Waals surface area contributed by atoms with E-state index in [1.807, 2.05) is 36.1 Å². The van der Waals surface area contributed by atoms with Gasteiger partial charge >= 0.3 is 0 Å². The fraction of sp³-hybridized carbons (Fsp3) is 0.316. The van der Waals surface area contributed by atoms with Crippen molar-refractivity contribution >= 4 is 46.6 Å². The van der Waals surface area contributed by atoms with E-state index in [-0.39, 0.29) is 11.2 Å². The Morgan fingerprint density at radius 2 is 1.56 bits per heavy atom. The van der Waals surface area contributed by atoms with Crippen LogP contribution >= 0.6 is 35.0 Å². The maximum Gasteiger partial charge on any atom is 0.235 e. The summed E-state index contributed by atoms with van der Waals surface area (Å²) in [6.07, 6.45) is 0. The zero-order chi connectivity index (χ0) is 17.8. The molecule has 3 rings (SSSR count). The Labute approximate surface area is 162 Å². The summed E-state index contributed by atoms with van der Waals surface area (Å²) in [7, 11) is 0. The van der Waals surface area contributed by atoms with E-state index in [9.17, 15) is 4.79 Å². The van der Waals surface area contributed by atoms with Gasteiger partial charge in [-0.05, 0) is 31.2 Å². The fourth-order valence-electron chi connectivity index (χ4n) is 2.90. The summed E-state index contributed by atoms with van der Waals surface area (Å²) >= 11 is 13.9. The first-order chi connectivity index (χ1) is 12.1. The molecule has 1 atom stereocenters. The van der Waals surface area contributed by atoms with Gasteiger partial charge in [-0.25, -0.2) is 0 Å². The van der Waals surface area contributed by atoms with Crippen molar-refractivity contribution in [3.05, 3.63) is 58.6 Å². The molecule has 1 fully saturated rings. The highest BCUT2D eigenvalue weighted by Crippen LogP contribution is 2.36. The Balaban J connectivity index is 1.59. The van der Waals surface area contributed by atoms with E-state index in [1.54, 1.807) is 12.1 Å². The fourth-order valence-corrected chi connectivity index (χ4v) is 4.53. The normalized spacial score (nSPS) is 16.0. The van der Waals surface area contributed by atoms with Crippen molar-refractivity contribution in [2.45, 2.75) is 17.1 Å². The molecular formula is C19H20Cl2N2OS. The number of hydrogen-bond acceptors (Lipinski definition) is 3. The maximum atomic E-state index is 12.8. The van der Waals surface area contributed by atoms with Crippen LogP contribution in [0.1, 0.15) is 6.92 Å². The van der Waals surface area contributed by atoms with Gasteiger partial charge < -0.3 is 9.80 Å². The van der Waals surface area contributed by atoms with Crippen LogP contribution in [0.3, 0.4) is 0 Å². The molecule has 2 aromatic rings. The standard InChI is InChI=1S/C19H20Cl2N2OS/c1-14(25-18-16(20)8-5-9-17(18)21)19(24)23-12-10-22(11-13-23)15-6-3-2-4-7-15/h2-9,14H,10-13H2,1H3/t14-/m0/s1. The number of benzene rings is 2. The van der Waals surface area contributed by atoms with Gasteiger partial charge in [0.1, 0.15) is 0 Å². The van der Waals surface area contributed by atoms with Gasteiger partial charge in [-0.1, -0.05) is 47.5 Å². The minimum absolute atomic E-state index is 0.133. The average Bonchev–Trinajstić information content (AvgIpc) is 2.65. The molecule has 0 aliphatic carbocycles. The van der Waals surface area contributed by atoms with Gasteiger partial charge in [-0.2, -0.15) is 0 Å². The van der Waals surface area contributed by atoms with E-state index in [0.717, 1.165) is 31.1 Å². The summed E-state index contributed by atoms with van der Waals surface area (Å²) in [6.45, 7) is 5.07. The number of amides is 1. The largest absolute Gasteiger partial charge is 0.368 e. The summed E-state index contributed by atoms with van der Waals surface area (Å²) in [5, 5.41) is 0.956. The predicted octanol–water partition coefficient (Wildman–Crippen LogP) is 4.82. The third-order valence-corrected chi connectivity index (χ3v) is 6.36. The number of rotatable bonds is 4. The van der Waals surface area contributed by atoms with Crippen LogP contribution in [-0.2, 0) is 4.79 Å². The number of anilines is 1. The lowest BCUT2D eigenvalue weighted by Gasteiger charge is -2.37. The Morgan fingerprint density at radius 1 is 0.960 bits per heavy atom. The van der Waals surface area contributed by atoms with Crippen LogP contribution < -0.4 is 4.90 Å². The molecule has 3 nitrogen and oxygen atoms in total. The van der Waals surface area contributed by atoms with Crippen LogP contribution in [0.5, 0.6) is 0 Å². The molecule has 0 spiro atoms. The van der Waals surface area contributed by atoms with Crippen LogP contribution in [0, 0.1) is 0 Å². The molecule has 1 aliphatic heterocycles. The Bertz CT molecular complexity index is 713. The van der Waals surface area contributed by atoms with Gasteiger partial charge in [0.05, 0.1) is 15.3 Å². The third-order valence-electron chi connectivity index (χ3n) is 4.27. The van der Waals surface area contributed by atoms with Crippen molar-refractivity contribution in [3.8, 4) is 0 Å². The molecule has 1 saturated heterocycles. The van der Waals surface area contributed by atoms with Gasteiger partial charge in [-0.15, -0.1) is 11.8 Å². The topological polar surface area (TPSA) is 23.6 Å². The summed E-state index contributed by atoms with van der Waals surface area (Å²) in [4.78, 5) is 17.8. The highest BCUT2D eigenvalue weighted by molar-refractivity contribution is 8.00. The molecule has 0 bridgehead atoms. The molecule has 132 valence electrons. The molecule has 1 heterocycles. The van der Waals surface area contributed by atoms with Crippen molar-refractivity contribution in [3.63, 3.8) is 0 Å². The number of para-hydroxylation sites is 1. The first kappa shape index (κ1) is 18.4. The van der Waals surface area contributed by atoms with Crippen molar-refractivity contribution < 1.29 is 4.79 Å². The first-order valence-electron chi connectivity index (χ1n) is 8.25. The van der Waals surface area contributed by atoms with Crippen molar-refractivity contribution in [2.24, 2.45) is 0 Å². The van der Waals surface area contributed by atoms with Crippen LogP contribution in [0.2, 0.25) is 10.0 Å². The Kier molecular flexibility index (Phi) is 6.15. The van der Waals surface area contributed by atoms with Crippen LogP contribution in [-0.4, -0.2) is 42.2 Å². The van der Waals surface area contributed by atoms with E-state index >= 15 is 0 Å². The van der Waals surface area contributed by atoms with Crippen LogP contribution in [0.15, 0.2) is 53.4 Å². The van der Waals surface area contributed by atoms with Gasteiger partial charge in [0.25, 0.3) is 0 Å². The first-order valence-corrected chi connectivity index (χ1v) is 9.89. The number of halogens is 2. The van der Waals surface area contributed by atoms with E-state index in [2.05, 4.69) is 17.0 Å². The second kappa shape index (κ2) is 8.35. The molecule has 0 radical (unpaired) electrons. The SMILES string of the molecule is C[C@H](Sc1c(Cl)cccc1Cl)C(=O)N1CCN(c2ccccc2)CC1. The van der Waals surface area contributed by atoms with E-state index < -0.39 is 0 Å². The maximum absolute atomic E-state index is 12.8. The molecule has 1 aliphatic rings. The Hall–Kier alpha value is -1.36. The van der Waals surface area contributed by atoms with Gasteiger partial charge in [0.15, 0.2) is 0 Å². The minimum Gasteiger partial charge on any atom is -0.368 e. The summed E-state index contributed by atoms with van der Waals surface area (Å²) in [5.74, 6) is 0.133. The van der Waals surface area contributed by atoms with Crippen molar-refractivity contribution in [1.82, 2.24) is 4.90 Å². The second-order valence-electron chi connectivity index (χ2n) is 5.96. The molecule has 0 aromatic heterocycles. The van der Waals surface area contributed by atoms with Crippen LogP contribution in [0.25, 0.3) is 0 Å². The van der Waals surface area contributed by atoms with Gasteiger partial charge in [0, 0.05) is 36.8 Å².